The molecule has 0 spiro atoms. The molecule has 0 amide bonds. The summed E-state index contributed by atoms with van der Waals surface area (Å²) in [6.45, 7) is 4.90. The molecule has 0 aromatic heterocycles. The van der Waals surface area contributed by atoms with E-state index in [4.69, 9.17) is 0 Å². The second kappa shape index (κ2) is 2.94. The summed E-state index contributed by atoms with van der Waals surface area (Å²) in [5.74, 6) is 6.33. The molecular formula is C16H24. The van der Waals surface area contributed by atoms with Crippen molar-refractivity contribution in [1.82, 2.24) is 0 Å². The Bertz CT molecular complexity index is 342. The summed E-state index contributed by atoms with van der Waals surface area (Å²) in [5.41, 5.74) is 0.767. The number of rotatable bonds is 2. The molecule has 4 aliphatic carbocycles. The van der Waals surface area contributed by atoms with Crippen LogP contribution in [0.4, 0.5) is 0 Å². The average Bonchev–Trinajstić information content (AvgIpc) is 3.04. The molecule has 0 heterocycles. The molecule has 0 N–H and O–H groups in total. The van der Waals surface area contributed by atoms with E-state index in [-0.39, 0.29) is 0 Å². The SMILES string of the molecule is CCC1CC2CC1C1(CC)C3C=CC(C3)C21. The van der Waals surface area contributed by atoms with Crippen molar-refractivity contribution >= 4 is 0 Å². The lowest BCUT2D eigenvalue weighted by molar-refractivity contribution is 0.0218. The average molecular weight is 216 g/mol. The first-order valence-corrected chi connectivity index (χ1v) is 7.49. The summed E-state index contributed by atoms with van der Waals surface area (Å²) in [7, 11) is 0. The Morgan fingerprint density at radius 2 is 2.00 bits per heavy atom. The minimum absolute atomic E-state index is 0.767. The van der Waals surface area contributed by atoms with E-state index in [9.17, 15) is 0 Å². The van der Waals surface area contributed by atoms with Crippen molar-refractivity contribution in [3.8, 4) is 0 Å². The van der Waals surface area contributed by atoms with E-state index >= 15 is 0 Å². The van der Waals surface area contributed by atoms with Gasteiger partial charge in [-0.15, -0.1) is 0 Å². The predicted octanol–water partition coefficient (Wildman–Crippen LogP) is 4.27. The highest BCUT2D eigenvalue weighted by atomic mass is 14.7. The topological polar surface area (TPSA) is 0 Å². The zero-order valence-electron chi connectivity index (χ0n) is 10.7. The van der Waals surface area contributed by atoms with Crippen LogP contribution in [0.5, 0.6) is 0 Å². The van der Waals surface area contributed by atoms with Crippen molar-refractivity contribution in [3.05, 3.63) is 12.2 Å². The molecule has 88 valence electrons. The molecule has 0 nitrogen and oxygen atoms in total. The Labute approximate surface area is 99.5 Å². The Balaban J connectivity index is 1.80. The van der Waals surface area contributed by atoms with Gasteiger partial charge in [-0.2, -0.15) is 0 Å². The molecule has 3 fully saturated rings. The van der Waals surface area contributed by atoms with Gasteiger partial charge in [0.05, 0.1) is 0 Å². The van der Waals surface area contributed by atoms with Crippen LogP contribution in [-0.2, 0) is 0 Å². The monoisotopic (exact) mass is 216 g/mol. The van der Waals surface area contributed by atoms with Crippen LogP contribution in [0.3, 0.4) is 0 Å². The molecule has 7 atom stereocenters. The number of hydrogen-bond acceptors (Lipinski definition) is 0. The molecule has 4 aliphatic rings. The fraction of sp³-hybridized carbons (Fsp3) is 0.875. The van der Waals surface area contributed by atoms with Crippen molar-refractivity contribution < 1.29 is 0 Å². The zero-order valence-corrected chi connectivity index (χ0v) is 10.7. The van der Waals surface area contributed by atoms with E-state index in [2.05, 4.69) is 26.0 Å². The summed E-state index contributed by atoms with van der Waals surface area (Å²) < 4.78 is 0. The highest BCUT2D eigenvalue weighted by Gasteiger charge is 2.68. The second-order valence-electron chi connectivity index (χ2n) is 6.89. The highest BCUT2D eigenvalue weighted by Crippen LogP contribution is 2.75. The summed E-state index contributed by atoms with van der Waals surface area (Å²) in [5, 5.41) is 0. The second-order valence-corrected chi connectivity index (χ2v) is 6.89. The van der Waals surface area contributed by atoms with Crippen LogP contribution >= 0.6 is 0 Å². The van der Waals surface area contributed by atoms with Crippen LogP contribution < -0.4 is 0 Å². The van der Waals surface area contributed by atoms with E-state index < -0.39 is 0 Å². The van der Waals surface area contributed by atoms with Crippen molar-refractivity contribution in [2.24, 2.45) is 40.9 Å². The molecule has 0 aromatic rings. The molecule has 3 saturated carbocycles. The van der Waals surface area contributed by atoms with Gasteiger partial charge in [-0.3, -0.25) is 0 Å². The molecule has 4 rings (SSSR count). The summed E-state index contributed by atoms with van der Waals surface area (Å²) in [6.07, 6.45) is 12.7. The van der Waals surface area contributed by atoms with E-state index in [1.54, 1.807) is 12.8 Å². The van der Waals surface area contributed by atoms with Crippen molar-refractivity contribution in [2.75, 3.05) is 0 Å². The maximum Gasteiger partial charge on any atom is -0.0165 e. The van der Waals surface area contributed by atoms with E-state index in [1.807, 2.05) is 0 Å². The van der Waals surface area contributed by atoms with Gasteiger partial charge in [0, 0.05) is 0 Å². The first-order valence-electron chi connectivity index (χ1n) is 7.49. The molecule has 0 radical (unpaired) electrons. The zero-order chi connectivity index (χ0) is 10.9. The smallest absolute Gasteiger partial charge is 0.0165 e. The van der Waals surface area contributed by atoms with Gasteiger partial charge in [0.1, 0.15) is 0 Å². The van der Waals surface area contributed by atoms with Gasteiger partial charge in [-0.25, -0.2) is 0 Å². The minimum Gasteiger partial charge on any atom is -0.0848 e. The lowest BCUT2D eigenvalue weighted by Gasteiger charge is -2.48. The molecule has 0 saturated heterocycles. The number of allylic oxidation sites excluding steroid dienone is 2. The van der Waals surface area contributed by atoms with Gasteiger partial charge in [0.2, 0.25) is 0 Å². The van der Waals surface area contributed by atoms with E-state index in [0.717, 1.165) is 40.9 Å². The maximum atomic E-state index is 2.60. The Kier molecular flexibility index (Phi) is 1.79. The van der Waals surface area contributed by atoms with Gasteiger partial charge in [0.25, 0.3) is 0 Å². The number of fused-ring (bicyclic) bond motifs is 9. The molecule has 7 unspecified atom stereocenters. The fourth-order valence-corrected chi connectivity index (χ4v) is 6.68. The Morgan fingerprint density at radius 1 is 1.12 bits per heavy atom. The van der Waals surface area contributed by atoms with Crippen LogP contribution in [-0.4, -0.2) is 0 Å². The molecule has 16 heavy (non-hydrogen) atoms. The third kappa shape index (κ3) is 0.833. The van der Waals surface area contributed by atoms with Crippen LogP contribution in [0.2, 0.25) is 0 Å². The van der Waals surface area contributed by atoms with Crippen LogP contribution in [0, 0.1) is 40.9 Å². The molecule has 4 bridgehead atoms. The van der Waals surface area contributed by atoms with Gasteiger partial charge in [-0.1, -0.05) is 32.4 Å². The Morgan fingerprint density at radius 3 is 2.75 bits per heavy atom. The lowest BCUT2D eigenvalue weighted by Crippen LogP contribution is -2.42. The van der Waals surface area contributed by atoms with E-state index in [1.165, 1.54) is 19.3 Å². The van der Waals surface area contributed by atoms with Crippen LogP contribution in [0.25, 0.3) is 0 Å². The summed E-state index contributed by atoms with van der Waals surface area (Å²) in [6, 6.07) is 0. The van der Waals surface area contributed by atoms with Crippen molar-refractivity contribution in [1.29, 1.82) is 0 Å². The first kappa shape index (κ1) is 9.74. The minimum atomic E-state index is 0.767. The standard InChI is InChI=1S/C16H24/c1-3-10-7-12-9-14(10)16(4-2)13-6-5-11(8-13)15(12)16/h5-6,10-15H,3-4,7-9H2,1-2H3. The van der Waals surface area contributed by atoms with Crippen molar-refractivity contribution in [3.63, 3.8) is 0 Å². The largest absolute Gasteiger partial charge is 0.0848 e. The molecule has 0 aromatic carbocycles. The summed E-state index contributed by atoms with van der Waals surface area (Å²) >= 11 is 0. The van der Waals surface area contributed by atoms with Gasteiger partial charge >= 0.3 is 0 Å². The summed E-state index contributed by atoms with van der Waals surface area (Å²) in [4.78, 5) is 0. The van der Waals surface area contributed by atoms with Gasteiger partial charge in [0.15, 0.2) is 0 Å². The third-order valence-electron chi connectivity index (χ3n) is 6.96. The Hall–Kier alpha value is -0.260. The third-order valence-corrected chi connectivity index (χ3v) is 6.96. The lowest BCUT2D eigenvalue weighted by atomic mass is 9.56. The molecule has 0 heteroatoms. The number of hydrogen-bond donors (Lipinski definition) is 0. The van der Waals surface area contributed by atoms with Gasteiger partial charge < -0.3 is 0 Å². The van der Waals surface area contributed by atoms with Crippen molar-refractivity contribution in [2.45, 2.75) is 46.0 Å². The maximum absolute atomic E-state index is 2.60. The molecule has 0 aliphatic heterocycles. The quantitative estimate of drug-likeness (QED) is 0.477. The highest BCUT2D eigenvalue weighted by molar-refractivity contribution is 5.26. The van der Waals surface area contributed by atoms with E-state index in [0.29, 0.717) is 0 Å². The predicted molar refractivity (Wildman–Crippen MR) is 66.9 cm³/mol. The normalized spacial score (nSPS) is 60.9. The first-order chi connectivity index (χ1) is 7.81. The van der Waals surface area contributed by atoms with Crippen LogP contribution in [0.1, 0.15) is 46.0 Å². The van der Waals surface area contributed by atoms with Crippen LogP contribution in [0.15, 0.2) is 12.2 Å². The molecular weight excluding hydrogens is 192 g/mol. The van der Waals surface area contributed by atoms with Gasteiger partial charge in [-0.05, 0) is 66.6 Å². The fourth-order valence-electron chi connectivity index (χ4n) is 6.68.